The lowest BCUT2D eigenvalue weighted by Gasteiger charge is -2.18. The van der Waals surface area contributed by atoms with Gasteiger partial charge in [0.25, 0.3) is 0 Å². The Labute approximate surface area is 105 Å². The summed E-state index contributed by atoms with van der Waals surface area (Å²) in [5.41, 5.74) is 0. The van der Waals surface area contributed by atoms with Crippen LogP contribution in [0, 0.1) is 5.92 Å². The van der Waals surface area contributed by atoms with Gasteiger partial charge in [-0.25, -0.2) is 0 Å². The molecule has 2 atom stereocenters. The second-order valence-electron chi connectivity index (χ2n) is 4.97. The molecule has 0 aromatic carbocycles. The predicted molar refractivity (Wildman–Crippen MR) is 67.8 cm³/mol. The van der Waals surface area contributed by atoms with Crippen molar-refractivity contribution in [1.82, 2.24) is 0 Å². The summed E-state index contributed by atoms with van der Waals surface area (Å²) in [6.45, 7) is 6.95. The minimum Gasteiger partial charge on any atom is -0.462 e. The molecule has 3 heteroatoms. The van der Waals surface area contributed by atoms with Gasteiger partial charge in [-0.15, -0.1) is 0 Å². The first-order valence-electron chi connectivity index (χ1n) is 6.99. The van der Waals surface area contributed by atoms with Crippen molar-refractivity contribution in [2.75, 3.05) is 6.61 Å². The fourth-order valence-electron chi connectivity index (χ4n) is 2.27. The topological polar surface area (TPSA) is 35.5 Å². The zero-order chi connectivity index (χ0) is 12.7. The standard InChI is InChI=1S/C14H26O3/c1-4-12(5-2)14(15)17-11(3)8-9-13-7-6-10-16-13/h11-13H,4-10H2,1-3H3/t11-,13+/m0/s1. The van der Waals surface area contributed by atoms with Crippen LogP contribution < -0.4 is 0 Å². The molecule has 1 fully saturated rings. The van der Waals surface area contributed by atoms with Gasteiger partial charge in [-0.1, -0.05) is 13.8 Å². The van der Waals surface area contributed by atoms with Gasteiger partial charge in [0, 0.05) is 6.61 Å². The predicted octanol–water partition coefficient (Wildman–Crippen LogP) is 3.31. The third-order valence-corrected chi connectivity index (χ3v) is 3.56. The van der Waals surface area contributed by atoms with Crippen molar-refractivity contribution in [1.29, 1.82) is 0 Å². The summed E-state index contributed by atoms with van der Waals surface area (Å²) in [5.74, 6) is 0.0371. The molecule has 0 spiro atoms. The van der Waals surface area contributed by atoms with Gasteiger partial charge in [0.2, 0.25) is 0 Å². The van der Waals surface area contributed by atoms with Gasteiger partial charge in [0.15, 0.2) is 0 Å². The zero-order valence-electron chi connectivity index (χ0n) is 11.4. The van der Waals surface area contributed by atoms with E-state index >= 15 is 0 Å². The molecule has 0 aromatic heterocycles. The van der Waals surface area contributed by atoms with Crippen molar-refractivity contribution in [3.05, 3.63) is 0 Å². The third-order valence-electron chi connectivity index (χ3n) is 3.56. The van der Waals surface area contributed by atoms with Crippen LogP contribution in [0.15, 0.2) is 0 Å². The first kappa shape index (κ1) is 14.5. The van der Waals surface area contributed by atoms with Gasteiger partial charge in [-0.05, 0) is 45.4 Å². The first-order valence-corrected chi connectivity index (χ1v) is 6.99. The van der Waals surface area contributed by atoms with Crippen molar-refractivity contribution in [3.8, 4) is 0 Å². The van der Waals surface area contributed by atoms with Crippen LogP contribution in [0.2, 0.25) is 0 Å². The SMILES string of the molecule is CCC(CC)C(=O)O[C@@H](C)CC[C@H]1CCCO1. The van der Waals surface area contributed by atoms with Gasteiger partial charge < -0.3 is 9.47 Å². The minimum absolute atomic E-state index is 0.0206. The van der Waals surface area contributed by atoms with Gasteiger partial charge >= 0.3 is 5.97 Å². The molecule has 17 heavy (non-hydrogen) atoms. The maximum Gasteiger partial charge on any atom is 0.309 e. The van der Waals surface area contributed by atoms with Crippen molar-refractivity contribution in [2.45, 2.75) is 71.5 Å². The summed E-state index contributed by atoms with van der Waals surface area (Å²) in [7, 11) is 0. The highest BCUT2D eigenvalue weighted by atomic mass is 16.5. The van der Waals surface area contributed by atoms with Crippen molar-refractivity contribution in [2.24, 2.45) is 5.92 Å². The molecule has 1 saturated heterocycles. The number of carbonyl (C=O) groups excluding carboxylic acids is 1. The lowest BCUT2D eigenvalue weighted by molar-refractivity contribution is -0.154. The highest BCUT2D eigenvalue weighted by Gasteiger charge is 2.20. The number of ether oxygens (including phenoxy) is 2. The van der Waals surface area contributed by atoms with Crippen LogP contribution in [-0.2, 0) is 14.3 Å². The molecule has 0 saturated carbocycles. The highest BCUT2D eigenvalue weighted by Crippen LogP contribution is 2.19. The summed E-state index contributed by atoms with van der Waals surface area (Å²) < 4.78 is 11.0. The Morgan fingerprint density at radius 1 is 1.41 bits per heavy atom. The summed E-state index contributed by atoms with van der Waals surface area (Å²) in [5, 5.41) is 0. The van der Waals surface area contributed by atoms with E-state index in [1.54, 1.807) is 0 Å². The second kappa shape index (κ2) is 7.70. The maximum absolute atomic E-state index is 11.8. The number of esters is 1. The van der Waals surface area contributed by atoms with E-state index in [2.05, 4.69) is 0 Å². The molecule has 0 N–H and O–H groups in total. The number of hydrogen-bond acceptors (Lipinski definition) is 3. The Morgan fingerprint density at radius 2 is 2.12 bits per heavy atom. The largest absolute Gasteiger partial charge is 0.462 e. The Balaban J connectivity index is 2.18. The zero-order valence-corrected chi connectivity index (χ0v) is 11.4. The highest BCUT2D eigenvalue weighted by molar-refractivity contribution is 5.72. The Hall–Kier alpha value is -0.570. The van der Waals surface area contributed by atoms with Crippen LogP contribution >= 0.6 is 0 Å². The van der Waals surface area contributed by atoms with E-state index in [4.69, 9.17) is 9.47 Å². The molecule has 1 aliphatic rings. The van der Waals surface area contributed by atoms with E-state index in [0.717, 1.165) is 38.7 Å². The summed E-state index contributed by atoms with van der Waals surface area (Å²) in [6, 6.07) is 0. The van der Waals surface area contributed by atoms with Crippen LogP contribution in [-0.4, -0.2) is 24.8 Å². The van der Waals surface area contributed by atoms with Crippen LogP contribution in [0.25, 0.3) is 0 Å². The van der Waals surface area contributed by atoms with Gasteiger partial charge in [0.1, 0.15) is 0 Å². The molecule has 0 radical (unpaired) electrons. The van der Waals surface area contributed by atoms with Gasteiger partial charge in [-0.2, -0.15) is 0 Å². The number of carbonyl (C=O) groups is 1. The number of rotatable bonds is 7. The minimum atomic E-state index is -0.0326. The fraction of sp³-hybridized carbons (Fsp3) is 0.929. The molecular formula is C14H26O3. The van der Waals surface area contributed by atoms with E-state index in [1.165, 1.54) is 6.42 Å². The van der Waals surface area contributed by atoms with E-state index in [1.807, 2.05) is 20.8 Å². The van der Waals surface area contributed by atoms with Crippen molar-refractivity contribution < 1.29 is 14.3 Å². The molecule has 0 aliphatic carbocycles. The molecule has 0 bridgehead atoms. The lowest BCUT2D eigenvalue weighted by atomic mass is 10.0. The molecule has 1 heterocycles. The first-order chi connectivity index (χ1) is 8.17. The molecule has 0 amide bonds. The van der Waals surface area contributed by atoms with Crippen molar-refractivity contribution in [3.63, 3.8) is 0 Å². The maximum atomic E-state index is 11.8. The lowest BCUT2D eigenvalue weighted by Crippen LogP contribution is -2.23. The summed E-state index contributed by atoms with van der Waals surface area (Å²) in [4.78, 5) is 11.8. The third kappa shape index (κ3) is 5.07. The van der Waals surface area contributed by atoms with Gasteiger partial charge in [0.05, 0.1) is 18.1 Å². The molecule has 0 aromatic rings. The fourth-order valence-corrected chi connectivity index (χ4v) is 2.27. The monoisotopic (exact) mass is 242 g/mol. The molecule has 0 unspecified atom stereocenters. The molecule has 3 nitrogen and oxygen atoms in total. The Kier molecular flexibility index (Phi) is 6.56. The molecular weight excluding hydrogens is 216 g/mol. The normalized spacial score (nSPS) is 21.8. The summed E-state index contributed by atoms with van der Waals surface area (Å²) in [6.07, 6.45) is 6.41. The van der Waals surface area contributed by atoms with Gasteiger partial charge in [-0.3, -0.25) is 4.79 Å². The Bertz CT molecular complexity index is 218. The van der Waals surface area contributed by atoms with E-state index < -0.39 is 0 Å². The quantitative estimate of drug-likeness (QED) is 0.642. The van der Waals surface area contributed by atoms with Crippen LogP contribution in [0.1, 0.15) is 59.3 Å². The number of hydrogen-bond donors (Lipinski definition) is 0. The molecule has 100 valence electrons. The van der Waals surface area contributed by atoms with E-state index in [0.29, 0.717) is 6.10 Å². The summed E-state index contributed by atoms with van der Waals surface area (Å²) >= 11 is 0. The van der Waals surface area contributed by atoms with Crippen LogP contribution in [0.5, 0.6) is 0 Å². The smallest absolute Gasteiger partial charge is 0.309 e. The van der Waals surface area contributed by atoms with Crippen LogP contribution in [0.3, 0.4) is 0 Å². The van der Waals surface area contributed by atoms with E-state index in [9.17, 15) is 4.79 Å². The second-order valence-corrected chi connectivity index (χ2v) is 4.97. The van der Waals surface area contributed by atoms with Crippen LogP contribution in [0.4, 0.5) is 0 Å². The Morgan fingerprint density at radius 3 is 2.65 bits per heavy atom. The van der Waals surface area contributed by atoms with Crippen molar-refractivity contribution >= 4 is 5.97 Å². The van der Waals surface area contributed by atoms with E-state index in [-0.39, 0.29) is 18.0 Å². The molecule has 1 rings (SSSR count). The molecule has 1 aliphatic heterocycles. The average Bonchev–Trinajstić information content (AvgIpc) is 2.81. The average molecular weight is 242 g/mol.